The molecule has 0 aromatic rings. The van der Waals surface area contributed by atoms with Crippen molar-refractivity contribution in [1.82, 2.24) is 0 Å². The molecule has 0 spiro atoms. The van der Waals surface area contributed by atoms with Crippen LogP contribution in [0.2, 0.25) is 0 Å². The van der Waals surface area contributed by atoms with Crippen LogP contribution in [-0.2, 0) is 9.53 Å². The molecule has 13 heavy (non-hydrogen) atoms. The Labute approximate surface area is 95.7 Å². The van der Waals surface area contributed by atoms with Crippen LogP contribution in [0.15, 0.2) is 11.7 Å². The Balaban J connectivity index is 0.00000144. The van der Waals surface area contributed by atoms with E-state index in [1.165, 1.54) is 0 Å². The van der Waals surface area contributed by atoms with Gasteiger partial charge in [0, 0.05) is 0 Å². The summed E-state index contributed by atoms with van der Waals surface area (Å²) in [4.78, 5) is 10.8. The van der Waals surface area contributed by atoms with Crippen molar-refractivity contribution in [3.8, 4) is 0 Å². The van der Waals surface area contributed by atoms with E-state index in [4.69, 9.17) is 15.3 Å². The Morgan fingerprint density at radius 1 is 1.54 bits per heavy atom. The summed E-state index contributed by atoms with van der Waals surface area (Å²) < 4.78 is 4.32. The van der Waals surface area contributed by atoms with E-state index in [2.05, 4.69) is 4.74 Å². The van der Waals surface area contributed by atoms with Crippen molar-refractivity contribution in [3.05, 3.63) is 11.7 Å². The minimum atomic E-state index is -1.55. The van der Waals surface area contributed by atoms with Gasteiger partial charge < -0.3 is 25.2 Å². The van der Waals surface area contributed by atoms with Crippen LogP contribution in [0.3, 0.4) is 0 Å². The molecule has 7 heteroatoms. The number of ketones is 1. The zero-order valence-corrected chi connectivity index (χ0v) is 8.93. The number of Topliss-reactive ketones (excluding diaryl/α,β-unsaturated/α-hetero) is 1. The molecule has 0 aromatic heterocycles. The van der Waals surface area contributed by atoms with Crippen LogP contribution in [0.5, 0.6) is 0 Å². The first-order valence-corrected chi connectivity index (χ1v) is 3.17. The second-order valence-corrected chi connectivity index (χ2v) is 2.29. The number of aliphatic hydroxyl groups is 3. The van der Waals surface area contributed by atoms with Crippen molar-refractivity contribution < 1.29 is 59.5 Å². The zero-order chi connectivity index (χ0) is 9.30. The van der Waals surface area contributed by atoms with Crippen LogP contribution in [-0.4, -0.2) is 39.9 Å². The minimum Gasteiger partial charge on any atom is -0.853 e. The quantitative estimate of drug-likeness (QED) is 0.383. The van der Waals surface area contributed by atoms with Gasteiger partial charge in [-0.2, -0.15) is 0 Å². The molecule has 6 nitrogen and oxygen atoms in total. The normalized spacial score (nSPS) is 23.8. The Morgan fingerprint density at radius 3 is 2.38 bits per heavy atom. The molecule has 3 N–H and O–H groups in total. The van der Waals surface area contributed by atoms with Gasteiger partial charge in [-0.1, -0.05) is 0 Å². The Kier molecular flexibility index (Phi) is 4.72. The predicted octanol–water partition coefficient (Wildman–Crippen LogP) is -5.04. The number of carbonyl (C=O) groups is 1. The molecular formula is C6H7NaO6. The molecule has 0 radical (unpaired) electrons. The van der Waals surface area contributed by atoms with Crippen molar-refractivity contribution in [2.75, 3.05) is 6.61 Å². The molecule has 0 aromatic carbocycles. The molecule has 0 saturated heterocycles. The maximum absolute atomic E-state index is 10.8. The second-order valence-electron chi connectivity index (χ2n) is 2.29. The van der Waals surface area contributed by atoms with E-state index < -0.39 is 36.3 Å². The standard InChI is InChI=1S/C6H7O6.Na/c7-1-2(8)5-3(9)4(10)6(11)12-5;/h2,5,8,10-11H,1H2;/q-1;+1/t2-,5-;/m1./s1. The molecule has 2 atom stereocenters. The average molecular weight is 198 g/mol. The summed E-state index contributed by atoms with van der Waals surface area (Å²) in [5.41, 5.74) is 0. The number of carbonyl (C=O) groups excluding carboxylic acids is 1. The van der Waals surface area contributed by atoms with Gasteiger partial charge >= 0.3 is 35.5 Å². The third-order valence-corrected chi connectivity index (χ3v) is 1.45. The van der Waals surface area contributed by atoms with Crippen molar-refractivity contribution >= 4 is 5.78 Å². The number of aliphatic hydroxyl groups excluding tert-OH is 3. The van der Waals surface area contributed by atoms with Gasteiger partial charge in [0.25, 0.3) is 0 Å². The fourth-order valence-corrected chi connectivity index (χ4v) is 0.810. The molecule has 1 aliphatic heterocycles. The van der Waals surface area contributed by atoms with Crippen molar-refractivity contribution in [3.63, 3.8) is 0 Å². The monoisotopic (exact) mass is 198 g/mol. The molecule has 0 bridgehead atoms. The first-order valence-electron chi connectivity index (χ1n) is 3.17. The minimum absolute atomic E-state index is 0. The predicted molar refractivity (Wildman–Crippen MR) is 33.0 cm³/mol. The number of ether oxygens (including phenoxy) is 1. The van der Waals surface area contributed by atoms with Crippen LogP contribution in [0, 0.1) is 0 Å². The van der Waals surface area contributed by atoms with Crippen LogP contribution in [0.4, 0.5) is 0 Å². The first kappa shape index (κ1) is 12.7. The molecule has 0 amide bonds. The molecule has 1 aliphatic rings. The molecule has 1 rings (SSSR count). The van der Waals surface area contributed by atoms with Gasteiger partial charge in [-0.15, -0.1) is 6.61 Å². The van der Waals surface area contributed by atoms with Crippen LogP contribution < -0.4 is 34.7 Å². The van der Waals surface area contributed by atoms with Gasteiger partial charge in [-0.25, -0.2) is 0 Å². The van der Waals surface area contributed by atoms with E-state index in [0.717, 1.165) is 0 Å². The van der Waals surface area contributed by atoms with Crippen LogP contribution >= 0.6 is 0 Å². The number of hydrogen-bond donors (Lipinski definition) is 3. The zero-order valence-electron chi connectivity index (χ0n) is 6.93. The molecule has 0 saturated carbocycles. The molecule has 0 unspecified atom stereocenters. The van der Waals surface area contributed by atoms with Crippen LogP contribution in [0.1, 0.15) is 0 Å². The van der Waals surface area contributed by atoms with Gasteiger partial charge in [-0.05, 0) is 0 Å². The summed E-state index contributed by atoms with van der Waals surface area (Å²) in [5, 5.41) is 36.3. The maximum atomic E-state index is 10.8. The topological polar surface area (TPSA) is 110 Å². The smallest absolute Gasteiger partial charge is 0.853 e. The maximum Gasteiger partial charge on any atom is 1.00 e. The third kappa shape index (κ3) is 2.35. The van der Waals surface area contributed by atoms with Crippen molar-refractivity contribution in [2.45, 2.75) is 12.2 Å². The fourth-order valence-electron chi connectivity index (χ4n) is 0.810. The Morgan fingerprint density at radius 2 is 2.08 bits per heavy atom. The summed E-state index contributed by atoms with van der Waals surface area (Å²) in [6.45, 7) is -0.934. The van der Waals surface area contributed by atoms with Gasteiger partial charge in [0.1, 0.15) is 0 Å². The van der Waals surface area contributed by atoms with E-state index >= 15 is 0 Å². The summed E-state index contributed by atoms with van der Waals surface area (Å²) in [5.74, 6) is -2.87. The van der Waals surface area contributed by atoms with Gasteiger partial charge in [0.05, 0.1) is 6.10 Å². The molecule has 0 aliphatic carbocycles. The van der Waals surface area contributed by atoms with Crippen molar-refractivity contribution in [1.29, 1.82) is 0 Å². The summed E-state index contributed by atoms with van der Waals surface area (Å²) in [6, 6.07) is 0. The van der Waals surface area contributed by atoms with E-state index in [9.17, 15) is 9.90 Å². The first-order chi connectivity index (χ1) is 5.57. The SMILES string of the molecule is O=C1C(O)=C(O)O[C@@H]1[C@H](O)C[O-].[Na+]. The van der Waals surface area contributed by atoms with Gasteiger partial charge in [0.15, 0.2) is 6.10 Å². The average Bonchev–Trinajstić information content (AvgIpc) is 2.32. The number of rotatable bonds is 2. The summed E-state index contributed by atoms with van der Waals surface area (Å²) in [7, 11) is 0. The van der Waals surface area contributed by atoms with Crippen LogP contribution in [0.25, 0.3) is 0 Å². The van der Waals surface area contributed by atoms with E-state index in [0.29, 0.717) is 0 Å². The number of hydrogen-bond acceptors (Lipinski definition) is 6. The summed E-state index contributed by atoms with van der Waals surface area (Å²) in [6.07, 6.45) is -3.02. The Hall–Kier alpha value is -0.270. The fraction of sp³-hybridized carbons (Fsp3) is 0.500. The molecule has 68 valence electrons. The van der Waals surface area contributed by atoms with E-state index in [1.807, 2.05) is 0 Å². The van der Waals surface area contributed by atoms with Gasteiger partial charge in [-0.3, -0.25) is 4.79 Å². The largest absolute Gasteiger partial charge is 1.00 e. The van der Waals surface area contributed by atoms with E-state index in [-0.39, 0.29) is 29.6 Å². The molecule has 1 heterocycles. The summed E-state index contributed by atoms with van der Waals surface area (Å²) >= 11 is 0. The second kappa shape index (κ2) is 4.83. The third-order valence-electron chi connectivity index (χ3n) is 1.45. The molecular weight excluding hydrogens is 191 g/mol. The van der Waals surface area contributed by atoms with E-state index in [1.54, 1.807) is 0 Å². The molecule has 0 fully saturated rings. The van der Waals surface area contributed by atoms with Gasteiger partial charge in [0.2, 0.25) is 11.5 Å². The van der Waals surface area contributed by atoms with Crippen molar-refractivity contribution in [2.24, 2.45) is 0 Å². The Bertz CT molecular complexity index is 237.